The van der Waals surface area contributed by atoms with Gasteiger partial charge in [0, 0.05) is 13.1 Å². The van der Waals surface area contributed by atoms with Gasteiger partial charge in [-0.2, -0.15) is 17.5 Å². The number of halogens is 3. The summed E-state index contributed by atoms with van der Waals surface area (Å²) in [5, 5.41) is -0.698. The molecule has 0 bridgehead atoms. The van der Waals surface area contributed by atoms with Crippen molar-refractivity contribution in [2.75, 3.05) is 13.1 Å². The van der Waals surface area contributed by atoms with Crippen LogP contribution in [0.2, 0.25) is 0 Å². The summed E-state index contributed by atoms with van der Waals surface area (Å²) in [6.45, 7) is -0.0448. The maximum atomic E-state index is 12.6. The molecule has 0 aliphatic carbocycles. The highest BCUT2D eigenvalue weighted by molar-refractivity contribution is 7.91. The van der Waals surface area contributed by atoms with Gasteiger partial charge in [0.15, 0.2) is 9.84 Å². The molecular weight excluding hydrogens is 419 g/mol. The molecule has 6 nitrogen and oxygen atoms in total. The van der Waals surface area contributed by atoms with E-state index >= 15 is 0 Å². The van der Waals surface area contributed by atoms with Gasteiger partial charge < -0.3 is 4.42 Å². The molecule has 2 heterocycles. The number of sulfone groups is 1. The van der Waals surface area contributed by atoms with E-state index in [0.29, 0.717) is 17.9 Å². The van der Waals surface area contributed by atoms with Gasteiger partial charge in [-0.05, 0) is 49.2 Å². The number of hydrogen-bond donors (Lipinski definition) is 0. The van der Waals surface area contributed by atoms with Crippen LogP contribution < -0.4 is 0 Å². The Morgan fingerprint density at radius 2 is 1.61 bits per heavy atom. The summed E-state index contributed by atoms with van der Waals surface area (Å²) in [5.41, 5.74) is -0.936. The van der Waals surface area contributed by atoms with Crippen LogP contribution in [0.3, 0.4) is 0 Å². The molecule has 1 saturated heterocycles. The zero-order valence-corrected chi connectivity index (χ0v) is 16.2. The fourth-order valence-electron chi connectivity index (χ4n) is 3.11. The van der Waals surface area contributed by atoms with E-state index in [0.717, 1.165) is 16.4 Å². The first-order valence-electron chi connectivity index (χ1n) is 8.41. The van der Waals surface area contributed by atoms with Crippen molar-refractivity contribution in [3.05, 3.63) is 54.0 Å². The molecule has 1 fully saturated rings. The Labute approximate surface area is 160 Å². The summed E-state index contributed by atoms with van der Waals surface area (Å²) in [7, 11) is -7.49. The molecule has 3 rings (SSSR count). The van der Waals surface area contributed by atoms with Gasteiger partial charge in [-0.1, -0.05) is 0 Å². The number of nitrogens with zero attached hydrogens (tertiary/aromatic N) is 1. The third-order valence-electron chi connectivity index (χ3n) is 4.65. The Balaban J connectivity index is 1.68. The number of sulfonamides is 1. The maximum absolute atomic E-state index is 12.6. The van der Waals surface area contributed by atoms with Gasteiger partial charge in [0.25, 0.3) is 0 Å². The first-order chi connectivity index (χ1) is 13.0. The topological polar surface area (TPSA) is 84.7 Å². The van der Waals surface area contributed by atoms with Crippen LogP contribution in [0.1, 0.15) is 24.2 Å². The Hall–Kier alpha value is -1.85. The molecule has 0 amide bonds. The van der Waals surface area contributed by atoms with Crippen molar-refractivity contribution in [2.24, 2.45) is 0 Å². The van der Waals surface area contributed by atoms with Gasteiger partial charge in [-0.3, -0.25) is 0 Å². The fourth-order valence-corrected chi connectivity index (χ4v) is 6.30. The van der Waals surface area contributed by atoms with Crippen LogP contribution in [0.25, 0.3) is 0 Å². The van der Waals surface area contributed by atoms with Gasteiger partial charge in [-0.15, -0.1) is 0 Å². The maximum Gasteiger partial charge on any atom is 0.416 e. The Morgan fingerprint density at radius 1 is 1.00 bits per heavy atom. The lowest BCUT2D eigenvalue weighted by Gasteiger charge is -2.30. The molecule has 1 aromatic carbocycles. The Morgan fingerprint density at radius 3 is 2.11 bits per heavy atom. The minimum Gasteiger partial charge on any atom is -0.468 e. The van der Waals surface area contributed by atoms with E-state index in [-0.39, 0.29) is 36.6 Å². The largest absolute Gasteiger partial charge is 0.468 e. The second-order valence-corrected chi connectivity index (χ2v) is 10.7. The zero-order valence-electron chi connectivity index (χ0n) is 14.6. The number of furan rings is 1. The molecule has 0 spiro atoms. The highest BCUT2D eigenvalue weighted by Crippen LogP contribution is 2.31. The summed E-state index contributed by atoms with van der Waals surface area (Å²) < 4.78 is 94.3. The predicted molar refractivity (Wildman–Crippen MR) is 94.6 cm³/mol. The molecule has 11 heteroatoms. The average molecular weight is 437 g/mol. The second-order valence-electron chi connectivity index (χ2n) is 6.51. The molecule has 0 unspecified atom stereocenters. The molecule has 2 aromatic rings. The van der Waals surface area contributed by atoms with Crippen LogP contribution in [0.15, 0.2) is 52.0 Å². The Bertz CT molecular complexity index is 1010. The van der Waals surface area contributed by atoms with Crippen molar-refractivity contribution in [1.82, 2.24) is 4.31 Å². The molecule has 1 aromatic heterocycles. The van der Waals surface area contributed by atoms with E-state index in [9.17, 15) is 30.0 Å². The summed E-state index contributed by atoms with van der Waals surface area (Å²) in [6.07, 6.45) is -2.95. The van der Waals surface area contributed by atoms with E-state index in [1.807, 2.05) is 0 Å². The van der Waals surface area contributed by atoms with Gasteiger partial charge in [0.1, 0.15) is 11.5 Å². The van der Waals surface area contributed by atoms with Crippen molar-refractivity contribution >= 4 is 19.9 Å². The predicted octanol–water partition coefficient (Wildman–Crippen LogP) is 3.07. The van der Waals surface area contributed by atoms with Gasteiger partial charge in [0.05, 0.1) is 22.0 Å². The van der Waals surface area contributed by atoms with Crippen LogP contribution in [-0.2, 0) is 31.8 Å². The molecule has 0 radical (unpaired) electrons. The third kappa shape index (κ3) is 4.41. The van der Waals surface area contributed by atoms with E-state index in [4.69, 9.17) is 4.42 Å². The summed E-state index contributed by atoms with van der Waals surface area (Å²) in [6, 6.07) is 6.41. The van der Waals surface area contributed by atoms with Crippen LogP contribution in [0.5, 0.6) is 0 Å². The van der Waals surface area contributed by atoms with Gasteiger partial charge in [0.2, 0.25) is 10.0 Å². The lowest BCUT2D eigenvalue weighted by atomic mass is 10.2. The van der Waals surface area contributed by atoms with Crippen molar-refractivity contribution in [2.45, 2.75) is 34.9 Å². The Kier molecular flexibility index (Phi) is 5.61. The number of benzene rings is 1. The normalized spacial score (nSPS) is 17.7. The molecule has 154 valence electrons. The highest BCUT2D eigenvalue weighted by atomic mass is 32.2. The van der Waals surface area contributed by atoms with E-state index in [1.165, 1.54) is 6.26 Å². The summed E-state index contributed by atoms with van der Waals surface area (Å²) >= 11 is 0. The second kappa shape index (κ2) is 7.53. The molecule has 28 heavy (non-hydrogen) atoms. The van der Waals surface area contributed by atoms with Crippen molar-refractivity contribution in [3.8, 4) is 0 Å². The molecule has 1 aliphatic rings. The number of piperidine rings is 1. The van der Waals surface area contributed by atoms with E-state index in [1.54, 1.807) is 12.1 Å². The van der Waals surface area contributed by atoms with Crippen molar-refractivity contribution in [3.63, 3.8) is 0 Å². The van der Waals surface area contributed by atoms with Crippen LogP contribution in [0, 0.1) is 0 Å². The number of hydrogen-bond acceptors (Lipinski definition) is 5. The molecule has 1 aliphatic heterocycles. The van der Waals surface area contributed by atoms with Crippen molar-refractivity contribution in [1.29, 1.82) is 0 Å². The molecular formula is C17H18F3NO5S2. The monoisotopic (exact) mass is 437 g/mol. The smallest absolute Gasteiger partial charge is 0.416 e. The minimum absolute atomic E-state index is 0.0224. The van der Waals surface area contributed by atoms with Gasteiger partial charge in [-0.25, -0.2) is 16.8 Å². The number of alkyl halides is 3. The quantitative estimate of drug-likeness (QED) is 0.718. The molecule has 0 N–H and O–H groups in total. The first-order valence-corrected chi connectivity index (χ1v) is 11.6. The highest BCUT2D eigenvalue weighted by Gasteiger charge is 2.36. The van der Waals surface area contributed by atoms with Crippen LogP contribution in [-0.4, -0.2) is 39.5 Å². The standard InChI is InChI=1S/C17H18F3NO5S2/c18-17(19,20)13-3-5-16(6-4-13)28(24,25)21-9-7-15(8-10-21)27(22,23)12-14-2-1-11-26-14/h1-6,11,15H,7-10,12H2. The van der Waals surface area contributed by atoms with Crippen LogP contribution in [0.4, 0.5) is 13.2 Å². The third-order valence-corrected chi connectivity index (χ3v) is 8.74. The van der Waals surface area contributed by atoms with E-state index < -0.39 is 36.9 Å². The lowest BCUT2D eigenvalue weighted by molar-refractivity contribution is -0.137. The minimum atomic E-state index is -4.55. The fraction of sp³-hybridized carbons (Fsp3) is 0.412. The SMILES string of the molecule is O=S(=O)(Cc1ccco1)C1CCN(S(=O)(=O)c2ccc(C(F)(F)F)cc2)CC1. The zero-order chi connectivity index (χ0) is 20.6. The van der Waals surface area contributed by atoms with Gasteiger partial charge >= 0.3 is 6.18 Å². The van der Waals surface area contributed by atoms with Crippen LogP contribution >= 0.6 is 0 Å². The first kappa shape index (κ1) is 20.9. The summed E-state index contributed by atoms with van der Waals surface area (Å²) in [4.78, 5) is -0.252. The molecule has 0 saturated carbocycles. The van der Waals surface area contributed by atoms with E-state index in [2.05, 4.69) is 0 Å². The van der Waals surface area contributed by atoms with Crippen molar-refractivity contribution < 1.29 is 34.4 Å². The number of rotatable bonds is 5. The molecule has 0 atom stereocenters. The average Bonchev–Trinajstić information content (AvgIpc) is 3.13. The lowest BCUT2D eigenvalue weighted by Crippen LogP contribution is -2.42. The summed E-state index contributed by atoms with van der Waals surface area (Å²) in [5.74, 6) is 0.0656.